The van der Waals surface area contributed by atoms with Gasteiger partial charge in [0.05, 0.1) is 0 Å². The van der Waals surface area contributed by atoms with Crippen molar-refractivity contribution in [2.45, 2.75) is 48.5 Å². The second-order valence-corrected chi connectivity index (χ2v) is 4.22. The van der Waals surface area contributed by atoms with Crippen LogP contribution in [0.15, 0.2) is 60.3 Å². The van der Waals surface area contributed by atoms with Gasteiger partial charge in [-0.2, -0.15) is 0 Å². The van der Waals surface area contributed by atoms with Gasteiger partial charge < -0.3 is 0 Å². The molecule has 0 N–H and O–H groups in total. The van der Waals surface area contributed by atoms with E-state index >= 15 is 0 Å². The van der Waals surface area contributed by atoms with Crippen molar-refractivity contribution in [1.82, 2.24) is 0 Å². The molecular formula is C18H30. The van der Waals surface area contributed by atoms with Gasteiger partial charge in [-0.15, -0.1) is 0 Å². The van der Waals surface area contributed by atoms with Gasteiger partial charge >= 0.3 is 0 Å². The lowest BCUT2D eigenvalue weighted by molar-refractivity contribution is 0.590. The molecule has 1 rings (SSSR count). The van der Waals surface area contributed by atoms with Gasteiger partial charge in [-0.1, -0.05) is 90.7 Å². The monoisotopic (exact) mass is 246 g/mol. The Morgan fingerprint density at radius 3 is 1.83 bits per heavy atom. The Hall–Kier alpha value is -1.30. The summed E-state index contributed by atoms with van der Waals surface area (Å²) in [4.78, 5) is 0. The predicted octanol–water partition coefficient (Wildman–Crippen LogP) is 6.25. The Labute approximate surface area is 115 Å². The molecule has 0 nitrogen and oxygen atoms in total. The van der Waals surface area contributed by atoms with E-state index in [1.807, 2.05) is 39.8 Å². The van der Waals surface area contributed by atoms with E-state index < -0.39 is 0 Å². The summed E-state index contributed by atoms with van der Waals surface area (Å²) in [6.07, 6.45) is 10.3. The number of hydrogen-bond donors (Lipinski definition) is 0. The van der Waals surface area contributed by atoms with Crippen molar-refractivity contribution in [2.75, 3.05) is 0 Å². The fraction of sp³-hybridized carbons (Fsp3) is 0.444. The van der Waals surface area contributed by atoms with Gasteiger partial charge in [-0.05, 0) is 18.1 Å². The first-order valence-electron chi connectivity index (χ1n) is 6.88. The van der Waals surface area contributed by atoms with Crippen molar-refractivity contribution in [3.8, 4) is 0 Å². The van der Waals surface area contributed by atoms with E-state index in [1.54, 1.807) is 0 Å². The van der Waals surface area contributed by atoms with Gasteiger partial charge in [-0.25, -0.2) is 0 Å². The molecule has 0 amide bonds. The van der Waals surface area contributed by atoms with E-state index in [9.17, 15) is 0 Å². The SMILES string of the molecule is C=CC1=C(C=C)C(C)(C)C=C(C)C=C1.CC.CC. The molecule has 0 aromatic carbocycles. The van der Waals surface area contributed by atoms with Crippen LogP contribution in [0.1, 0.15) is 48.5 Å². The van der Waals surface area contributed by atoms with Crippen LogP contribution in [0.2, 0.25) is 0 Å². The average Bonchev–Trinajstić information content (AvgIpc) is 2.48. The zero-order valence-corrected chi connectivity index (χ0v) is 13.3. The number of allylic oxidation sites excluding steroid dienone is 8. The minimum Gasteiger partial charge on any atom is -0.0987 e. The van der Waals surface area contributed by atoms with Crippen molar-refractivity contribution in [3.05, 3.63) is 60.3 Å². The molecule has 0 aromatic heterocycles. The van der Waals surface area contributed by atoms with E-state index in [0.717, 1.165) is 5.57 Å². The third-order valence-electron chi connectivity index (χ3n) is 2.54. The smallest absolute Gasteiger partial charge is 0.00867 e. The molecule has 0 spiro atoms. The van der Waals surface area contributed by atoms with E-state index in [4.69, 9.17) is 0 Å². The van der Waals surface area contributed by atoms with Crippen molar-refractivity contribution in [1.29, 1.82) is 0 Å². The van der Waals surface area contributed by atoms with Crippen molar-refractivity contribution in [2.24, 2.45) is 5.41 Å². The molecule has 18 heavy (non-hydrogen) atoms. The van der Waals surface area contributed by atoms with E-state index in [0.29, 0.717) is 0 Å². The van der Waals surface area contributed by atoms with Crippen molar-refractivity contribution < 1.29 is 0 Å². The van der Waals surface area contributed by atoms with Crippen LogP contribution >= 0.6 is 0 Å². The van der Waals surface area contributed by atoms with Crippen LogP contribution in [0, 0.1) is 5.41 Å². The lowest BCUT2D eigenvalue weighted by Crippen LogP contribution is -2.11. The summed E-state index contributed by atoms with van der Waals surface area (Å²) in [5.41, 5.74) is 3.73. The molecular weight excluding hydrogens is 216 g/mol. The molecule has 0 aliphatic heterocycles. The van der Waals surface area contributed by atoms with Crippen LogP contribution in [0.25, 0.3) is 0 Å². The maximum Gasteiger partial charge on any atom is 0.00867 e. The zero-order valence-electron chi connectivity index (χ0n) is 13.3. The number of hydrogen-bond acceptors (Lipinski definition) is 0. The van der Waals surface area contributed by atoms with Gasteiger partial charge in [0.25, 0.3) is 0 Å². The molecule has 0 radical (unpaired) electrons. The average molecular weight is 246 g/mol. The van der Waals surface area contributed by atoms with Crippen molar-refractivity contribution in [3.63, 3.8) is 0 Å². The Balaban J connectivity index is 0. The van der Waals surface area contributed by atoms with Crippen LogP contribution in [0.5, 0.6) is 0 Å². The molecule has 102 valence electrons. The molecule has 0 bridgehead atoms. The topological polar surface area (TPSA) is 0 Å². The fourth-order valence-electron chi connectivity index (χ4n) is 1.94. The molecule has 1 aliphatic carbocycles. The molecule has 0 heteroatoms. The summed E-state index contributed by atoms with van der Waals surface area (Å²) < 4.78 is 0. The van der Waals surface area contributed by atoms with Crippen LogP contribution < -0.4 is 0 Å². The van der Waals surface area contributed by atoms with Gasteiger partial charge in [0.15, 0.2) is 0 Å². The standard InChI is InChI=1S/C14H18.2C2H6/c1-6-12-9-8-11(3)10-14(4,5)13(12)7-2;2*1-2/h6-10H,1-2H2,3-5H3;2*1-2H3. The van der Waals surface area contributed by atoms with E-state index in [1.165, 1.54) is 11.1 Å². The molecule has 0 unspecified atom stereocenters. The fourth-order valence-corrected chi connectivity index (χ4v) is 1.94. The molecule has 0 saturated carbocycles. The lowest BCUT2D eigenvalue weighted by Gasteiger charge is -2.23. The third kappa shape index (κ3) is 5.35. The Kier molecular flexibility index (Phi) is 10.3. The highest BCUT2D eigenvalue weighted by Crippen LogP contribution is 2.35. The quantitative estimate of drug-likeness (QED) is 0.540. The summed E-state index contributed by atoms with van der Waals surface area (Å²) in [7, 11) is 0. The van der Waals surface area contributed by atoms with E-state index in [2.05, 4.69) is 52.2 Å². The summed E-state index contributed by atoms with van der Waals surface area (Å²) in [6.45, 7) is 22.2. The molecule has 1 aliphatic rings. The third-order valence-corrected chi connectivity index (χ3v) is 2.54. The molecule has 0 fully saturated rings. The Bertz CT molecular complexity index is 346. The second kappa shape index (κ2) is 9.70. The predicted molar refractivity (Wildman–Crippen MR) is 86.8 cm³/mol. The Morgan fingerprint density at radius 2 is 1.44 bits per heavy atom. The Morgan fingerprint density at radius 1 is 0.944 bits per heavy atom. The molecule has 0 heterocycles. The normalized spacial score (nSPS) is 16.3. The summed E-state index contributed by atoms with van der Waals surface area (Å²) in [6, 6.07) is 0. The van der Waals surface area contributed by atoms with Crippen LogP contribution in [0.3, 0.4) is 0 Å². The first-order valence-corrected chi connectivity index (χ1v) is 6.88. The van der Waals surface area contributed by atoms with Gasteiger partial charge in [0.1, 0.15) is 0 Å². The van der Waals surface area contributed by atoms with E-state index in [-0.39, 0.29) is 5.41 Å². The second-order valence-electron chi connectivity index (χ2n) is 4.22. The van der Waals surface area contributed by atoms with Gasteiger partial charge in [0, 0.05) is 5.41 Å². The highest BCUT2D eigenvalue weighted by atomic mass is 14.3. The highest BCUT2D eigenvalue weighted by Gasteiger charge is 2.21. The zero-order chi connectivity index (χ0) is 14.8. The first kappa shape index (κ1) is 19.0. The van der Waals surface area contributed by atoms with Crippen LogP contribution in [-0.2, 0) is 0 Å². The summed E-state index contributed by atoms with van der Waals surface area (Å²) in [5, 5.41) is 0. The van der Waals surface area contributed by atoms with Gasteiger partial charge in [-0.3, -0.25) is 0 Å². The minimum absolute atomic E-state index is 0.0405. The summed E-state index contributed by atoms with van der Waals surface area (Å²) >= 11 is 0. The van der Waals surface area contributed by atoms with Crippen LogP contribution in [0.4, 0.5) is 0 Å². The molecule has 0 aromatic rings. The summed E-state index contributed by atoms with van der Waals surface area (Å²) in [5.74, 6) is 0. The van der Waals surface area contributed by atoms with Gasteiger partial charge in [0.2, 0.25) is 0 Å². The van der Waals surface area contributed by atoms with Crippen LogP contribution in [-0.4, -0.2) is 0 Å². The lowest BCUT2D eigenvalue weighted by atomic mass is 9.81. The highest BCUT2D eigenvalue weighted by molar-refractivity contribution is 5.49. The number of rotatable bonds is 2. The minimum atomic E-state index is 0.0405. The molecule has 0 atom stereocenters. The largest absolute Gasteiger partial charge is 0.0987 e. The first-order chi connectivity index (χ1) is 8.51. The van der Waals surface area contributed by atoms with Crippen molar-refractivity contribution >= 4 is 0 Å². The molecule has 0 saturated heterocycles. The maximum absolute atomic E-state index is 3.88. The maximum atomic E-state index is 3.88.